The number of carbonyl (C=O) groups excluding carboxylic acids is 1. The maximum atomic E-state index is 13.0. The van der Waals surface area contributed by atoms with E-state index in [1.165, 1.54) is 16.4 Å². The Morgan fingerprint density at radius 3 is 2.37 bits per heavy atom. The van der Waals surface area contributed by atoms with Gasteiger partial charge >= 0.3 is 0 Å². The molecule has 0 aliphatic carbocycles. The molecule has 9 heteroatoms. The zero-order chi connectivity index (χ0) is 21.9. The first kappa shape index (κ1) is 21.9. The molecule has 0 atom stereocenters. The molecule has 0 bridgehead atoms. The molecule has 3 rings (SSSR count). The third-order valence-corrected chi connectivity index (χ3v) is 7.45. The molecule has 0 unspecified atom stereocenters. The van der Waals surface area contributed by atoms with Gasteiger partial charge in [0.05, 0.1) is 9.82 Å². The average Bonchev–Trinajstić information content (AvgIpc) is 2.73. The van der Waals surface area contributed by atoms with E-state index in [2.05, 4.69) is 5.32 Å². The van der Waals surface area contributed by atoms with Crippen LogP contribution < -0.4 is 5.32 Å². The van der Waals surface area contributed by atoms with Crippen molar-refractivity contribution >= 4 is 21.6 Å². The number of non-ortho nitro benzene ring substituents is 1. The zero-order valence-electron chi connectivity index (χ0n) is 17.0. The molecule has 1 aliphatic heterocycles. The lowest BCUT2D eigenvalue weighted by atomic mass is 9.97. The lowest BCUT2D eigenvalue weighted by Gasteiger charge is -2.30. The minimum atomic E-state index is -3.86. The number of nitrogens with zero attached hydrogens (tertiary/aromatic N) is 2. The molecule has 30 heavy (non-hydrogen) atoms. The highest BCUT2D eigenvalue weighted by Gasteiger charge is 2.33. The molecule has 1 amide bonds. The van der Waals surface area contributed by atoms with Gasteiger partial charge in [0.15, 0.2) is 0 Å². The first-order valence-corrected chi connectivity index (χ1v) is 11.2. The molecule has 8 nitrogen and oxygen atoms in total. The second kappa shape index (κ2) is 8.93. The van der Waals surface area contributed by atoms with Crippen molar-refractivity contribution in [3.8, 4) is 0 Å². The Balaban J connectivity index is 1.61. The van der Waals surface area contributed by atoms with Crippen LogP contribution in [0.1, 0.15) is 29.5 Å². The van der Waals surface area contributed by atoms with Crippen molar-refractivity contribution in [3.63, 3.8) is 0 Å². The summed E-state index contributed by atoms with van der Waals surface area (Å²) in [7, 11) is -3.86. The second-order valence-corrected chi connectivity index (χ2v) is 9.50. The lowest BCUT2D eigenvalue weighted by molar-refractivity contribution is -0.385. The van der Waals surface area contributed by atoms with Gasteiger partial charge in [0, 0.05) is 37.7 Å². The van der Waals surface area contributed by atoms with Crippen molar-refractivity contribution < 1.29 is 18.1 Å². The van der Waals surface area contributed by atoms with Gasteiger partial charge in [-0.3, -0.25) is 14.9 Å². The fraction of sp³-hybridized carbons (Fsp3) is 0.381. The van der Waals surface area contributed by atoms with Crippen LogP contribution in [0.2, 0.25) is 0 Å². The van der Waals surface area contributed by atoms with Gasteiger partial charge in [-0.25, -0.2) is 8.42 Å². The van der Waals surface area contributed by atoms with E-state index in [1.54, 1.807) is 6.92 Å². The topological polar surface area (TPSA) is 110 Å². The number of nitro groups is 1. The molecule has 1 N–H and O–H groups in total. The average molecular weight is 432 g/mol. The van der Waals surface area contributed by atoms with Crippen molar-refractivity contribution in [1.29, 1.82) is 0 Å². The second-order valence-electron chi connectivity index (χ2n) is 7.59. The van der Waals surface area contributed by atoms with Crippen LogP contribution in [0.4, 0.5) is 5.69 Å². The van der Waals surface area contributed by atoms with Crippen molar-refractivity contribution in [2.45, 2.75) is 38.1 Å². The summed E-state index contributed by atoms with van der Waals surface area (Å²) in [6, 6.07) is 11.7. The zero-order valence-corrected chi connectivity index (χ0v) is 17.8. The van der Waals surface area contributed by atoms with E-state index in [-0.39, 0.29) is 35.5 Å². The molecule has 0 saturated carbocycles. The van der Waals surface area contributed by atoms with Gasteiger partial charge in [0.25, 0.3) is 5.69 Å². The van der Waals surface area contributed by atoms with Gasteiger partial charge in [0.1, 0.15) is 0 Å². The summed E-state index contributed by atoms with van der Waals surface area (Å²) < 4.78 is 27.3. The summed E-state index contributed by atoms with van der Waals surface area (Å²) in [5, 5.41) is 13.9. The molecule has 1 saturated heterocycles. The number of nitro benzene ring substituents is 1. The number of amides is 1. The fourth-order valence-electron chi connectivity index (χ4n) is 3.52. The van der Waals surface area contributed by atoms with Gasteiger partial charge in [-0.2, -0.15) is 4.31 Å². The molecule has 0 aromatic heterocycles. The summed E-state index contributed by atoms with van der Waals surface area (Å²) in [6.07, 6.45) is 0.819. The van der Waals surface area contributed by atoms with Crippen LogP contribution in [0.3, 0.4) is 0 Å². The molecule has 160 valence electrons. The maximum Gasteiger partial charge on any atom is 0.270 e. The summed E-state index contributed by atoms with van der Waals surface area (Å²) in [5.41, 5.74) is 2.36. The Morgan fingerprint density at radius 2 is 1.77 bits per heavy atom. The van der Waals surface area contributed by atoms with E-state index in [0.717, 1.165) is 17.2 Å². The largest absolute Gasteiger partial charge is 0.352 e. The lowest BCUT2D eigenvalue weighted by Crippen LogP contribution is -2.43. The van der Waals surface area contributed by atoms with Crippen molar-refractivity contribution in [1.82, 2.24) is 9.62 Å². The summed E-state index contributed by atoms with van der Waals surface area (Å²) in [6.45, 7) is 4.45. The number of carbonyl (C=O) groups is 1. The highest BCUT2D eigenvalue weighted by molar-refractivity contribution is 7.89. The van der Waals surface area contributed by atoms with E-state index >= 15 is 0 Å². The highest BCUT2D eigenvalue weighted by atomic mass is 32.2. The summed E-state index contributed by atoms with van der Waals surface area (Å²) >= 11 is 0. The standard InChI is InChI=1S/C21H25N3O5S/c1-15-3-6-17(7-4-15)14-22-21(25)18-9-11-23(12-10-18)30(28,29)20-13-19(24(26)27)8-5-16(20)2/h3-8,13,18H,9-12,14H2,1-2H3,(H,22,25). The Bertz CT molecular complexity index is 1040. The number of aryl methyl sites for hydroxylation is 2. The number of rotatable bonds is 6. The smallest absolute Gasteiger partial charge is 0.270 e. The van der Waals surface area contributed by atoms with Gasteiger partial charge < -0.3 is 5.32 Å². The van der Waals surface area contributed by atoms with Crippen LogP contribution in [0, 0.1) is 29.9 Å². The fourth-order valence-corrected chi connectivity index (χ4v) is 5.23. The van der Waals surface area contributed by atoms with Gasteiger partial charge in [-0.1, -0.05) is 35.9 Å². The molecule has 1 aliphatic rings. The normalized spacial score (nSPS) is 15.7. The van der Waals surface area contributed by atoms with Crippen LogP contribution in [-0.2, 0) is 21.4 Å². The molecular weight excluding hydrogens is 406 g/mol. The molecule has 1 fully saturated rings. The van der Waals surface area contributed by atoms with E-state index in [0.29, 0.717) is 24.9 Å². The van der Waals surface area contributed by atoms with E-state index in [9.17, 15) is 23.3 Å². The third-order valence-electron chi connectivity index (χ3n) is 5.41. The Hall–Kier alpha value is -2.78. The van der Waals surface area contributed by atoms with Crippen LogP contribution >= 0.6 is 0 Å². The first-order valence-electron chi connectivity index (χ1n) is 9.77. The summed E-state index contributed by atoms with van der Waals surface area (Å²) in [4.78, 5) is 22.8. The Kier molecular flexibility index (Phi) is 6.52. The predicted molar refractivity (Wildman–Crippen MR) is 112 cm³/mol. The number of sulfonamides is 1. The molecular formula is C21H25N3O5S. The predicted octanol–water partition coefficient (Wildman–Crippen LogP) is 2.93. The number of benzene rings is 2. The summed E-state index contributed by atoms with van der Waals surface area (Å²) in [5.74, 6) is -0.341. The van der Waals surface area contributed by atoms with Crippen LogP contribution in [0.15, 0.2) is 47.4 Å². The number of nitrogens with one attached hydrogen (secondary N) is 1. The number of hydrogen-bond donors (Lipinski definition) is 1. The van der Waals surface area contributed by atoms with Crippen LogP contribution in [0.5, 0.6) is 0 Å². The van der Waals surface area contributed by atoms with Crippen molar-refractivity contribution in [3.05, 3.63) is 69.3 Å². The molecule has 0 radical (unpaired) electrons. The highest BCUT2D eigenvalue weighted by Crippen LogP contribution is 2.28. The van der Waals surface area contributed by atoms with E-state index in [1.807, 2.05) is 31.2 Å². The monoisotopic (exact) mass is 431 g/mol. The van der Waals surface area contributed by atoms with Crippen LogP contribution in [-0.4, -0.2) is 36.6 Å². The molecule has 1 heterocycles. The van der Waals surface area contributed by atoms with Crippen molar-refractivity contribution in [2.24, 2.45) is 5.92 Å². The van der Waals surface area contributed by atoms with Crippen LogP contribution in [0.25, 0.3) is 0 Å². The third kappa shape index (κ3) is 4.85. The van der Waals surface area contributed by atoms with Gasteiger partial charge in [-0.05, 0) is 37.8 Å². The SMILES string of the molecule is Cc1ccc(CNC(=O)C2CCN(S(=O)(=O)c3cc([N+](=O)[O-])ccc3C)CC2)cc1. The number of hydrogen-bond acceptors (Lipinski definition) is 5. The van der Waals surface area contributed by atoms with E-state index in [4.69, 9.17) is 0 Å². The Morgan fingerprint density at radius 1 is 1.13 bits per heavy atom. The minimum Gasteiger partial charge on any atom is -0.352 e. The molecule has 2 aromatic carbocycles. The molecule has 2 aromatic rings. The quantitative estimate of drug-likeness (QED) is 0.559. The first-order chi connectivity index (χ1) is 14.2. The van der Waals surface area contributed by atoms with Crippen molar-refractivity contribution in [2.75, 3.05) is 13.1 Å². The van der Waals surface area contributed by atoms with E-state index < -0.39 is 14.9 Å². The molecule has 0 spiro atoms. The minimum absolute atomic E-state index is 0.0565. The maximum absolute atomic E-state index is 13.0. The number of piperidine rings is 1. The Labute approximate surface area is 176 Å². The van der Waals surface area contributed by atoms with Gasteiger partial charge in [0.2, 0.25) is 15.9 Å². The van der Waals surface area contributed by atoms with Gasteiger partial charge in [-0.15, -0.1) is 0 Å².